The minimum atomic E-state index is -0.262. The van der Waals surface area contributed by atoms with Crippen LogP contribution in [-0.2, 0) is 11.2 Å². The van der Waals surface area contributed by atoms with Crippen molar-refractivity contribution < 1.29 is 4.79 Å². The van der Waals surface area contributed by atoms with Gasteiger partial charge in [0.2, 0.25) is 5.91 Å². The molecule has 3 N–H and O–H groups in total. The zero-order chi connectivity index (χ0) is 10.4. The molecule has 5 heteroatoms. The fourth-order valence-electron chi connectivity index (χ4n) is 1.08. The molecule has 14 heavy (non-hydrogen) atoms. The van der Waals surface area contributed by atoms with Crippen LogP contribution in [0.4, 0.5) is 0 Å². The summed E-state index contributed by atoms with van der Waals surface area (Å²) in [5.41, 5.74) is 6.11. The lowest BCUT2D eigenvalue weighted by Crippen LogP contribution is -2.23. The first-order chi connectivity index (χ1) is 6.68. The number of carbonyl (C=O) groups is 1. The Morgan fingerprint density at radius 3 is 3.00 bits per heavy atom. The van der Waals surface area contributed by atoms with Gasteiger partial charge in [0.15, 0.2) is 0 Å². The normalized spacial score (nSPS) is 10.4. The van der Waals surface area contributed by atoms with Crippen LogP contribution in [0.15, 0.2) is 5.38 Å². The Morgan fingerprint density at radius 2 is 2.43 bits per heavy atom. The molecule has 0 aliphatic heterocycles. The average Bonchev–Trinajstić information content (AvgIpc) is 2.50. The summed E-state index contributed by atoms with van der Waals surface area (Å²) in [5.74, 6) is -0.262. The lowest BCUT2D eigenvalue weighted by atomic mass is 10.3. The second kappa shape index (κ2) is 5.72. The Hall–Kier alpha value is -0.940. The van der Waals surface area contributed by atoms with Crippen molar-refractivity contribution in [2.24, 2.45) is 5.73 Å². The van der Waals surface area contributed by atoms with E-state index < -0.39 is 0 Å². The Labute approximate surface area is 87.5 Å². The summed E-state index contributed by atoms with van der Waals surface area (Å²) in [4.78, 5) is 14.7. The predicted octanol–water partition coefficient (Wildman–Crippen LogP) is 0.459. The van der Waals surface area contributed by atoms with Gasteiger partial charge in [-0.1, -0.05) is 0 Å². The maximum atomic E-state index is 10.4. The van der Waals surface area contributed by atoms with Crippen molar-refractivity contribution in [1.29, 1.82) is 0 Å². The van der Waals surface area contributed by atoms with Gasteiger partial charge in [0.25, 0.3) is 0 Å². The van der Waals surface area contributed by atoms with Crippen molar-refractivity contribution in [2.75, 3.05) is 13.1 Å². The first kappa shape index (κ1) is 11.1. The minimum absolute atomic E-state index is 0.262. The van der Waals surface area contributed by atoms with Crippen LogP contribution in [-0.4, -0.2) is 24.0 Å². The Bertz CT molecular complexity index is 298. The molecular weight excluding hydrogens is 198 g/mol. The zero-order valence-electron chi connectivity index (χ0n) is 8.25. The summed E-state index contributed by atoms with van der Waals surface area (Å²) < 4.78 is 0. The third kappa shape index (κ3) is 4.34. The number of rotatable bonds is 6. The Morgan fingerprint density at radius 1 is 1.64 bits per heavy atom. The highest BCUT2D eigenvalue weighted by atomic mass is 32.1. The van der Waals surface area contributed by atoms with Gasteiger partial charge >= 0.3 is 0 Å². The topological polar surface area (TPSA) is 68.0 Å². The zero-order valence-corrected chi connectivity index (χ0v) is 9.06. The van der Waals surface area contributed by atoms with Crippen molar-refractivity contribution in [1.82, 2.24) is 10.3 Å². The molecule has 1 rings (SSSR count). The lowest BCUT2D eigenvalue weighted by Gasteiger charge is -2.00. The van der Waals surface area contributed by atoms with Gasteiger partial charge in [0, 0.05) is 31.3 Å². The van der Waals surface area contributed by atoms with Crippen LogP contribution < -0.4 is 11.1 Å². The Balaban J connectivity index is 2.07. The molecule has 0 spiro atoms. The molecule has 0 aliphatic carbocycles. The van der Waals surface area contributed by atoms with E-state index >= 15 is 0 Å². The number of aryl methyl sites for hydroxylation is 1. The van der Waals surface area contributed by atoms with Crippen molar-refractivity contribution in [3.05, 3.63) is 16.1 Å². The van der Waals surface area contributed by atoms with Crippen LogP contribution >= 0.6 is 11.3 Å². The number of hydrogen-bond donors (Lipinski definition) is 2. The van der Waals surface area contributed by atoms with Crippen molar-refractivity contribution in [3.8, 4) is 0 Å². The molecule has 1 heterocycles. The van der Waals surface area contributed by atoms with Crippen LogP contribution in [0.1, 0.15) is 17.1 Å². The summed E-state index contributed by atoms with van der Waals surface area (Å²) in [6.07, 6.45) is 1.30. The molecule has 1 aromatic heterocycles. The van der Waals surface area contributed by atoms with Gasteiger partial charge in [-0.15, -0.1) is 11.3 Å². The van der Waals surface area contributed by atoms with Gasteiger partial charge in [-0.05, 0) is 6.92 Å². The molecule has 4 nitrogen and oxygen atoms in total. The molecule has 0 aromatic carbocycles. The van der Waals surface area contributed by atoms with Gasteiger partial charge in [-0.2, -0.15) is 0 Å². The first-order valence-electron chi connectivity index (χ1n) is 4.58. The quantitative estimate of drug-likeness (QED) is 0.675. The summed E-state index contributed by atoms with van der Waals surface area (Å²) >= 11 is 1.66. The number of aromatic nitrogens is 1. The fourth-order valence-corrected chi connectivity index (χ4v) is 1.72. The molecule has 0 aliphatic rings. The summed E-state index contributed by atoms with van der Waals surface area (Å²) in [5, 5.41) is 6.29. The third-order valence-electron chi connectivity index (χ3n) is 1.77. The van der Waals surface area contributed by atoms with E-state index in [9.17, 15) is 4.79 Å². The minimum Gasteiger partial charge on any atom is -0.370 e. The number of carbonyl (C=O) groups excluding carboxylic acids is 1. The second-order valence-corrected chi connectivity index (χ2v) is 4.14. The maximum Gasteiger partial charge on any atom is 0.218 e. The highest BCUT2D eigenvalue weighted by Gasteiger charge is 1.98. The number of primary amides is 1. The summed E-state index contributed by atoms with van der Waals surface area (Å²) in [6.45, 7) is 3.49. The van der Waals surface area contributed by atoms with E-state index in [1.807, 2.05) is 6.92 Å². The lowest BCUT2D eigenvalue weighted by molar-refractivity contribution is -0.117. The van der Waals surface area contributed by atoms with E-state index in [0.717, 1.165) is 23.7 Å². The van der Waals surface area contributed by atoms with Gasteiger partial charge in [-0.25, -0.2) is 4.98 Å². The van der Waals surface area contributed by atoms with Crippen LogP contribution in [0.25, 0.3) is 0 Å². The predicted molar refractivity (Wildman–Crippen MR) is 57.2 cm³/mol. The number of nitrogens with zero attached hydrogens (tertiary/aromatic N) is 1. The van der Waals surface area contributed by atoms with E-state index in [0.29, 0.717) is 13.0 Å². The molecule has 0 radical (unpaired) electrons. The monoisotopic (exact) mass is 213 g/mol. The van der Waals surface area contributed by atoms with E-state index in [1.165, 1.54) is 0 Å². The van der Waals surface area contributed by atoms with Crippen LogP contribution in [0.5, 0.6) is 0 Å². The van der Waals surface area contributed by atoms with Crippen molar-refractivity contribution in [3.63, 3.8) is 0 Å². The molecule has 0 bridgehead atoms. The molecular formula is C9H15N3OS. The number of thiazole rings is 1. The van der Waals surface area contributed by atoms with Crippen molar-refractivity contribution in [2.45, 2.75) is 19.8 Å². The van der Waals surface area contributed by atoms with Crippen molar-refractivity contribution >= 4 is 17.2 Å². The molecule has 0 unspecified atom stereocenters. The van der Waals surface area contributed by atoms with E-state index in [1.54, 1.807) is 11.3 Å². The molecule has 78 valence electrons. The Kier molecular flexibility index (Phi) is 4.55. The van der Waals surface area contributed by atoms with E-state index in [4.69, 9.17) is 5.73 Å². The van der Waals surface area contributed by atoms with E-state index in [2.05, 4.69) is 15.7 Å². The van der Waals surface area contributed by atoms with E-state index in [-0.39, 0.29) is 5.91 Å². The van der Waals surface area contributed by atoms with Gasteiger partial charge in [0.1, 0.15) is 0 Å². The number of amides is 1. The summed E-state index contributed by atoms with van der Waals surface area (Å²) in [7, 11) is 0. The standard InChI is InChI=1S/C9H15N3OS/c1-7-12-8(6-14-7)2-4-11-5-3-9(10)13/h6,11H,2-5H2,1H3,(H2,10,13). The average molecular weight is 213 g/mol. The van der Waals surface area contributed by atoms with Crippen LogP contribution in [0, 0.1) is 6.92 Å². The SMILES string of the molecule is Cc1nc(CCNCCC(N)=O)cs1. The van der Waals surface area contributed by atoms with Gasteiger partial charge in [-0.3, -0.25) is 4.79 Å². The fraction of sp³-hybridized carbons (Fsp3) is 0.556. The molecule has 1 amide bonds. The smallest absolute Gasteiger partial charge is 0.218 e. The second-order valence-electron chi connectivity index (χ2n) is 3.07. The third-order valence-corrected chi connectivity index (χ3v) is 2.59. The molecule has 0 saturated carbocycles. The molecule has 0 saturated heterocycles. The molecule has 0 fully saturated rings. The highest BCUT2D eigenvalue weighted by molar-refractivity contribution is 7.09. The van der Waals surface area contributed by atoms with Gasteiger partial charge < -0.3 is 11.1 Å². The maximum absolute atomic E-state index is 10.4. The number of nitrogens with two attached hydrogens (primary N) is 1. The van der Waals surface area contributed by atoms with Gasteiger partial charge in [0.05, 0.1) is 10.7 Å². The highest BCUT2D eigenvalue weighted by Crippen LogP contribution is 2.07. The number of hydrogen-bond acceptors (Lipinski definition) is 4. The summed E-state index contributed by atoms with van der Waals surface area (Å²) in [6, 6.07) is 0. The molecule has 0 atom stereocenters. The first-order valence-corrected chi connectivity index (χ1v) is 5.46. The van der Waals surface area contributed by atoms with Crippen LogP contribution in [0.2, 0.25) is 0 Å². The molecule has 1 aromatic rings. The largest absolute Gasteiger partial charge is 0.370 e. The van der Waals surface area contributed by atoms with Crippen LogP contribution in [0.3, 0.4) is 0 Å². The number of nitrogens with one attached hydrogen (secondary N) is 1.